The smallest absolute Gasteiger partial charge is 0.276 e. The van der Waals surface area contributed by atoms with Gasteiger partial charge in [-0.25, -0.2) is 9.66 Å². The maximum atomic E-state index is 12.1. The van der Waals surface area contributed by atoms with E-state index in [1.54, 1.807) is 11.0 Å². The number of nitrogens with zero attached hydrogens (tertiary/aromatic N) is 2. The average molecular weight is 317 g/mol. The third-order valence-corrected chi connectivity index (χ3v) is 3.79. The van der Waals surface area contributed by atoms with Crippen LogP contribution in [0.2, 0.25) is 0 Å². The largest absolute Gasteiger partial charge is 0.484 e. The molecule has 24 heavy (non-hydrogen) atoms. The maximum Gasteiger partial charge on any atom is 0.276 e. The van der Waals surface area contributed by atoms with Gasteiger partial charge in [0.1, 0.15) is 12.1 Å². The number of carbonyl (C=O) groups excluding carboxylic acids is 1. The van der Waals surface area contributed by atoms with Crippen molar-refractivity contribution in [3.05, 3.63) is 73.1 Å². The third-order valence-electron chi connectivity index (χ3n) is 3.79. The van der Waals surface area contributed by atoms with Gasteiger partial charge >= 0.3 is 0 Å². The van der Waals surface area contributed by atoms with Gasteiger partial charge in [-0.3, -0.25) is 10.2 Å². The molecular weight excluding hydrogens is 302 g/mol. The lowest BCUT2D eigenvalue weighted by Gasteiger charge is -2.09. The number of carbonyl (C=O) groups is 1. The summed E-state index contributed by atoms with van der Waals surface area (Å²) in [7, 11) is 0. The zero-order valence-electron chi connectivity index (χ0n) is 12.8. The summed E-state index contributed by atoms with van der Waals surface area (Å²) in [6.07, 6.45) is 1.58. The van der Waals surface area contributed by atoms with E-state index in [1.165, 1.54) is 0 Å². The zero-order chi connectivity index (χ0) is 16.4. The average Bonchev–Trinajstić information content (AvgIpc) is 3.03. The van der Waals surface area contributed by atoms with Gasteiger partial charge in [-0.15, -0.1) is 0 Å². The fourth-order valence-corrected chi connectivity index (χ4v) is 2.62. The van der Waals surface area contributed by atoms with Crippen LogP contribution in [0, 0.1) is 0 Å². The van der Waals surface area contributed by atoms with Crippen molar-refractivity contribution >= 4 is 27.7 Å². The Morgan fingerprint density at radius 2 is 1.79 bits per heavy atom. The van der Waals surface area contributed by atoms with Crippen molar-refractivity contribution in [2.45, 2.75) is 0 Å². The van der Waals surface area contributed by atoms with E-state index in [2.05, 4.69) is 10.4 Å². The number of para-hydroxylation sites is 2. The molecule has 0 saturated heterocycles. The molecule has 5 heteroatoms. The van der Waals surface area contributed by atoms with Crippen LogP contribution in [0.25, 0.3) is 21.8 Å². The van der Waals surface area contributed by atoms with Gasteiger partial charge in [0, 0.05) is 0 Å². The van der Waals surface area contributed by atoms with Crippen LogP contribution in [0.5, 0.6) is 5.75 Å². The molecule has 0 spiro atoms. The maximum absolute atomic E-state index is 12.1. The molecule has 4 rings (SSSR count). The fraction of sp³-hybridized carbons (Fsp3) is 0.0526. The molecule has 118 valence electrons. The van der Waals surface area contributed by atoms with Crippen molar-refractivity contribution in [2.75, 3.05) is 12.0 Å². The van der Waals surface area contributed by atoms with Gasteiger partial charge in [-0.2, -0.15) is 0 Å². The zero-order valence-corrected chi connectivity index (χ0v) is 12.8. The number of amides is 1. The second-order valence-electron chi connectivity index (χ2n) is 5.44. The molecule has 0 bridgehead atoms. The Labute approximate surface area is 138 Å². The number of hydrogen-bond acceptors (Lipinski definition) is 3. The van der Waals surface area contributed by atoms with E-state index in [1.807, 2.05) is 66.7 Å². The van der Waals surface area contributed by atoms with Gasteiger partial charge < -0.3 is 4.74 Å². The molecule has 5 nitrogen and oxygen atoms in total. The van der Waals surface area contributed by atoms with Crippen LogP contribution in [-0.2, 0) is 4.79 Å². The molecule has 0 atom stereocenters. The first kappa shape index (κ1) is 14.3. The van der Waals surface area contributed by atoms with E-state index in [9.17, 15) is 4.79 Å². The molecule has 1 aromatic heterocycles. The molecule has 4 aromatic rings. The molecule has 0 saturated carbocycles. The van der Waals surface area contributed by atoms with E-state index in [-0.39, 0.29) is 12.5 Å². The standard InChI is InChI=1S/C19H15N3O2/c23-19(21-22-13-20-17-7-3-4-8-18(17)22)12-24-16-10-9-14-5-1-2-6-15(14)11-16/h1-11,13H,12H2,(H,21,23). The van der Waals surface area contributed by atoms with Gasteiger partial charge in [-0.05, 0) is 35.0 Å². The van der Waals surface area contributed by atoms with Crippen molar-refractivity contribution in [2.24, 2.45) is 0 Å². The second kappa shape index (κ2) is 6.04. The number of fused-ring (bicyclic) bond motifs is 2. The Kier molecular flexibility index (Phi) is 3.59. The molecule has 0 aliphatic heterocycles. The van der Waals surface area contributed by atoms with Crippen LogP contribution < -0.4 is 10.2 Å². The minimum absolute atomic E-state index is 0.0646. The number of ether oxygens (including phenoxy) is 1. The summed E-state index contributed by atoms with van der Waals surface area (Å²) < 4.78 is 7.19. The van der Waals surface area contributed by atoms with Gasteiger partial charge in [0.25, 0.3) is 5.91 Å². The monoisotopic (exact) mass is 317 g/mol. The molecule has 0 aliphatic carbocycles. The molecule has 0 radical (unpaired) electrons. The van der Waals surface area contributed by atoms with Crippen molar-refractivity contribution in [1.29, 1.82) is 0 Å². The number of hydrogen-bond donors (Lipinski definition) is 1. The van der Waals surface area contributed by atoms with Crippen LogP contribution in [0.1, 0.15) is 0 Å². The van der Waals surface area contributed by atoms with E-state index in [0.29, 0.717) is 5.75 Å². The quantitative estimate of drug-likeness (QED) is 0.628. The number of nitrogens with one attached hydrogen (secondary N) is 1. The first-order valence-corrected chi connectivity index (χ1v) is 7.63. The van der Waals surface area contributed by atoms with E-state index in [4.69, 9.17) is 4.74 Å². The highest BCUT2D eigenvalue weighted by Crippen LogP contribution is 2.20. The molecule has 1 N–H and O–H groups in total. The molecule has 0 unspecified atom stereocenters. The predicted molar refractivity (Wildman–Crippen MR) is 93.5 cm³/mol. The SMILES string of the molecule is O=C(COc1ccc2ccccc2c1)Nn1cnc2ccccc21. The minimum atomic E-state index is -0.244. The number of imidazole rings is 1. The van der Waals surface area contributed by atoms with Crippen molar-refractivity contribution in [1.82, 2.24) is 9.66 Å². The Hall–Kier alpha value is -3.34. The summed E-state index contributed by atoms with van der Waals surface area (Å²) in [4.78, 5) is 16.3. The first-order chi connectivity index (χ1) is 11.8. The lowest BCUT2D eigenvalue weighted by molar-refractivity contribution is -0.119. The molecule has 0 fully saturated rings. The highest BCUT2D eigenvalue weighted by molar-refractivity contribution is 5.88. The summed E-state index contributed by atoms with van der Waals surface area (Å²) in [6.45, 7) is -0.0646. The van der Waals surface area contributed by atoms with E-state index < -0.39 is 0 Å². The molecule has 3 aromatic carbocycles. The first-order valence-electron chi connectivity index (χ1n) is 7.63. The molecule has 1 heterocycles. The summed E-state index contributed by atoms with van der Waals surface area (Å²) in [6, 6.07) is 21.4. The summed E-state index contributed by atoms with van der Waals surface area (Å²) in [5.41, 5.74) is 4.43. The molecule has 1 amide bonds. The molecular formula is C19H15N3O2. The highest BCUT2D eigenvalue weighted by Gasteiger charge is 2.07. The van der Waals surface area contributed by atoms with Crippen LogP contribution in [-0.4, -0.2) is 22.2 Å². The second-order valence-corrected chi connectivity index (χ2v) is 5.44. The predicted octanol–water partition coefficient (Wildman–Crippen LogP) is 3.34. The molecule has 0 aliphatic rings. The lowest BCUT2D eigenvalue weighted by Crippen LogP contribution is -2.27. The topological polar surface area (TPSA) is 56.1 Å². The highest BCUT2D eigenvalue weighted by atomic mass is 16.5. The summed E-state index contributed by atoms with van der Waals surface area (Å²) in [5, 5.41) is 2.22. The Morgan fingerprint density at radius 1 is 1.00 bits per heavy atom. The number of benzene rings is 3. The van der Waals surface area contributed by atoms with E-state index in [0.717, 1.165) is 21.8 Å². The van der Waals surface area contributed by atoms with Crippen molar-refractivity contribution < 1.29 is 9.53 Å². The Morgan fingerprint density at radius 3 is 2.71 bits per heavy atom. The van der Waals surface area contributed by atoms with Crippen LogP contribution in [0.3, 0.4) is 0 Å². The Bertz CT molecular complexity index is 1020. The van der Waals surface area contributed by atoms with Gasteiger partial charge in [0.15, 0.2) is 6.61 Å². The summed E-state index contributed by atoms with van der Waals surface area (Å²) >= 11 is 0. The summed E-state index contributed by atoms with van der Waals surface area (Å²) in [5.74, 6) is 0.422. The van der Waals surface area contributed by atoms with Crippen LogP contribution >= 0.6 is 0 Å². The third kappa shape index (κ3) is 2.79. The van der Waals surface area contributed by atoms with Gasteiger partial charge in [0.05, 0.1) is 11.0 Å². The minimum Gasteiger partial charge on any atom is -0.484 e. The normalized spacial score (nSPS) is 10.8. The van der Waals surface area contributed by atoms with Crippen LogP contribution in [0.4, 0.5) is 0 Å². The fourth-order valence-electron chi connectivity index (χ4n) is 2.62. The Balaban J connectivity index is 1.44. The number of rotatable bonds is 4. The lowest BCUT2D eigenvalue weighted by atomic mass is 10.1. The van der Waals surface area contributed by atoms with Gasteiger partial charge in [0.2, 0.25) is 0 Å². The van der Waals surface area contributed by atoms with Crippen LogP contribution in [0.15, 0.2) is 73.1 Å². The van der Waals surface area contributed by atoms with Gasteiger partial charge in [-0.1, -0.05) is 42.5 Å². The van der Waals surface area contributed by atoms with Crippen molar-refractivity contribution in [3.63, 3.8) is 0 Å². The van der Waals surface area contributed by atoms with Crippen molar-refractivity contribution in [3.8, 4) is 5.75 Å². The number of aromatic nitrogens is 2. The van der Waals surface area contributed by atoms with E-state index >= 15 is 0 Å².